The van der Waals surface area contributed by atoms with Crippen molar-refractivity contribution < 1.29 is 13.6 Å². The topological polar surface area (TPSA) is 55.1 Å². The van der Waals surface area contributed by atoms with Gasteiger partial charge in [-0.2, -0.15) is 0 Å². The van der Waals surface area contributed by atoms with Crippen LogP contribution in [0.2, 0.25) is 0 Å². The molecule has 21 heavy (non-hydrogen) atoms. The van der Waals surface area contributed by atoms with Gasteiger partial charge in [0.1, 0.15) is 11.4 Å². The molecule has 5 heteroatoms. The van der Waals surface area contributed by atoms with E-state index in [0.29, 0.717) is 0 Å². The van der Waals surface area contributed by atoms with Gasteiger partial charge in [0.2, 0.25) is 0 Å². The molecule has 3 N–H and O–H groups in total. The van der Waals surface area contributed by atoms with Crippen LogP contribution in [0.1, 0.15) is 28.4 Å². The van der Waals surface area contributed by atoms with Crippen LogP contribution in [0.3, 0.4) is 0 Å². The second-order valence-electron chi connectivity index (χ2n) is 4.68. The first-order valence-corrected chi connectivity index (χ1v) is 6.62. The molecule has 2 rings (SSSR count). The van der Waals surface area contributed by atoms with Crippen LogP contribution in [0, 0.1) is 11.6 Å². The summed E-state index contributed by atoms with van der Waals surface area (Å²) >= 11 is 0. The number of hydrogen-bond acceptors (Lipinski definition) is 2. The van der Waals surface area contributed by atoms with Gasteiger partial charge in [-0.05, 0) is 29.7 Å². The van der Waals surface area contributed by atoms with E-state index in [1.807, 2.05) is 31.2 Å². The summed E-state index contributed by atoms with van der Waals surface area (Å²) in [4.78, 5) is 11.9. The molecular weight excluding hydrogens is 274 g/mol. The zero-order chi connectivity index (χ0) is 15.4. The van der Waals surface area contributed by atoms with Crippen molar-refractivity contribution in [3.8, 4) is 0 Å². The Morgan fingerprint density at radius 3 is 2.33 bits per heavy atom. The van der Waals surface area contributed by atoms with Crippen molar-refractivity contribution in [3.63, 3.8) is 0 Å². The molecule has 1 amide bonds. The minimum Gasteiger partial charge on any atom is -0.396 e. The van der Waals surface area contributed by atoms with Gasteiger partial charge in [-0.25, -0.2) is 8.78 Å². The summed E-state index contributed by atoms with van der Waals surface area (Å²) in [5.41, 5.74) is 6.47. The van der Waals surface area contributed by atoms with Crippen LogP contribution in [-0.4, -0.2) is 5.91 Å². The summed E-state index contributed by atoms with van der Waals surface area (Å²) in [5.74, 6) is -2.79. The Balaban J connectivity index is 2.10. The average Bonchev–Trinajstić information content (AvgIpc) is 2.50. The summed E-state index contributed by atoms with van der Waals surface area (Å²) < 4.78 is 27.3. The Kier molecular flexibility index (Phi) is 4.52. The number of nitrogen functional groups attached to an aromatic ring is 1. The van der Waals surface area contributed by atoms with Gasteiger partial charge in [0.15, 0.2) is 5.82 Å². The fourth-order valence-corrected chi connectivity index (χ4v) is 1.94. The van der Waals surface area contributed by atoms with Crippen LogP contribution in [-0.2, 0) is 13.0 Å². The first-order chi connectivity index (χ1) is 10.0. The fraction of sp³-hybridized carbons (Fsp3) is 0.188. The lowest BCUT2D eigenvalue weighted by atomic mass is 10.1. The molecule has 0 aliphatic carbocycles. The molecule has 0 unspecified atom stereocenters. The van der Waals surface area contributed by atoms with Crippen LogP contribution in [0.15, 0.2) is 36.4 Å². The third kappa shape index (κ3) is 3.37. The molecule has 0 radical (unpaired) electrons. The van der Waals surface area contributed by atoms with Crippen molar-refractivity contribution in [1.82, 2.24) is 5.32 Å². The van der Waals surface area contributed by atoms with E-state index in [4.69, 9.17) is 5.73 Å². The van der Waals surface area contributed by atoms with E-state index < -0.39 is 23.1 Å². The number of rotatable bonds is 4. The van der Waals surface area contributed by atoms with Gasteiger partial charge < -0.3 is 11.1 Å². The number of aryl methyl sites for hydroxylation is 1. The highest BCUT2D eigenvalue weighted by molar-refractivity contribution is 5.95. The Bertz CT molecular complexity index is 654. The summed E-state index contributed by atoms with van der Waals surface area (Å²) in [6.45, 7) is 2.23. The molecule has 0 heterocycles. The van der Waals surface area contributed by atoms with Crippen molar-refractivity contribution in [2.45, 2.75) is 19.9 Å². The predicted octanol–water partition coefficient (Wildman–Crippen LogP) is 3.04. The SMILES string of the molecule is CCc1ccc(CNC(=O)c2c(F)ccc(N)c2F)cc1. The Morgan fingerprint density at radius 2 is 1.71 bits per heavy atom. The second-order valence-corrected chi connectivity index (χ2v) is 4.68. The number of carbonyl (C=O) groups is 1. The van der Waals surface area contributed by atoms with E-state index in [9.17, 15) is 13.6 Å². The van der Waals surface area contributed by atoms with Crippen LogP contribution >= 0.6 is 0 Å². The quantitative estimate of drug-likeness (QED) is 0.850. The number of benzene rings is 2. The lowest BCUT2D eigenvalue weighted by molar-refractivity contribution is 0.0942. The Morgan fingerprint density at radius 1 is 1.10 bits per heavy atom. The molecule has 0 fully saturated rings. The number of nitrogens with one attached hydrogen (secondary N) is 1. The highest BCUT2D eigenvalue weighted by Crippen LogP contribution is 2.18. The maximum atomic E-state index is 13.7. The summed E-state index contributed by atoms with van der Waals surface area (Å²) in [6, 6.07) is 9.69. The molecule has 0 aromatic heterocycles. The number of anilines is 1. The standard InChI is InChI=1S/C16H16F2N2O/c1-2-10-3-5-11(6-4-10)9-20-16(21)14-12(17)7-8-13(19)15(14)18/h3-8H,2,9,19H2,1H3,(H,20,21). The van der Waals surface area contributed by atoms with Gasteiger partial charge in [0.05, 0.1) is 5.69 Å². The van der Waals surface area contributed by atoms with E-state index in [1.54, 1.807) is 0 Å². The number of carbonyl (C=O) groups excluding carboxylic acids is 1. The molecule has 2 aromatic rings. The molecule has 0 spiro atoms. The molecule has 0 bridgehead atoms. The first-order valence-electron chi connectivity index (χ1n) is 6.62. The summed E-state index contributed by atoms with van der Waals surface area (Å²) in [7, 11) is 0. The normalized spacial score (nSPS) is 10.4. The number of hydrogen-bond donors (Lipinski definition) is 2. The summed E-state index contributed by atoms with van der Waals surface area (Å²) in [6.07, 6.45) is 0.923. The molecule has 3 nitrogen and oxygen atoms in total. The van der Waals surface area contributed by atoms with Gasteiger partial charge >= 0.3 is 0 Å². The van der Waals surface area contributed by atoms with Gasteiger partial charge in [-0.3, -0.25) is 4.79 Å². The van der Waals surface area contributed by atoms with Crippen molar-refractivity contribution >= 4 is 11.6 Å². The first kappa shape index (κ1) is 15.0. The van der Waals surface area contributed by atoms with E-state index in [1.165, 1.54) is 5.56 Å². The number of halogens is 2. The largest absolute Gasteiger partial charge is 0.396 e. The third-order valence-electron chi connectivity index (χ3n) is 3.23. The molecule has 0 aliphatic heterocycles. The van der Waals surface area contributed by atoms with Crippen molar-refractivity contribution in [2.24, 2.45) is 0 Å². The van der Waals surface area contributed by atoms with Crippen LogP contribution < -0.4 is 11.1 Å². The maximum absolute atomic E-state index is 13.7. The van der Waals surface area contributed by atoms with E-state index in [-0.39, 0.29) is 12.2 Å². The van der Waals surface area contributed by atoms with Gasteiger partial charge in [0.25, 0.3) is 5.91 Å². The minimum atomic E-state index is -1.03. The monoisotopic (exact) mass is 290 g/mol. The minimum absolute atomic E-state index is 0.191. The average molecular weight is 290 g/mol. The number of amides is 1. The zero-order valence-electron chi connectivity index (χ0n) is 11.6. The highest BCUT2D eigenvalue weighted by atomic mass is 19.1. The van der Waals surface area contributed by atoms with Crippen molar-refractivity contribution in [1.29, 1.82) is 0 Å². The molecule has 0 aliphatic rings. The summed E-state index contributed by atoms with van der Waals surface area (Å²) in [5, 5.41) is 2.49. The molecule has 0 atom stereocenters. The Hall–Kier alpha value is -2.43. The highest BCUT2D eigenvalue weighted by Gasteiger charge is 2.19. The lowest BCUT2D eigenvalue weighted by Gasteiger charge is -2.09. The third-order valence-corrected chi connectivity index (χ3v) is 3.23. The smallest absolute Gasteiger partial charge is 0.257 e. The molecule has 2 aromatic carbocycles. The van der Waals surface area contributed by atoms with Crippen LogP contribution in [0.4, 0.5) is 14.5 Å². The van der Waals surface area contributed by atoms with E-state index in [2.05, 4.69) is 5.32 Å². The van der Waals surface area contributed by atoms with Crippen LogP contribution in [0.5, 0.6) is 0 Å². The van der Waals surface area contributed by atoms with Gasteiger partial charge in [0, 0.05) is 6.54 Å². The molecule has 110 valence electrons. The van der Waals surface area contributed by atoms with Crippen LogP contribution in [0.25, 0.3) is 0 Å². The number of nitrogens with two attached hydrogens (primary N) is 1. The van der Waals surface area contributed by atoms with E-state index in [0.717, 1.165) is 24.1 Å². The van der Waals surface area contributed by atoms with Crippen molar-refractivity contribution in [3.05, 3.63) is 64.7 Å². The Labute approximate surface area is 121 Å². The molecule has 0 saturated carbocycles. The van der Waals surface area contributed by atoms with Gasteiger partial charge in [-0.15, -0.1) is 0 Å². The predicted molar refractivity (Wildman–Crippen MR) is 77.8 cm³/mol. The molecule has 0 saturated heterocycles. The lowest BCUT2D eigenvalue weighted by Crippen LogP contribution is -2.25. The fourth-order valence-electron chi connectivity index (χ4n) is 1.94. The van der Waals surface area contributed by atoms with Gasteiger partial charge in [-0.1, -0.05) is 31.2 Å². The second kappa shape index (κ2) is 6.35. The maximum Gasteiger partial charge on any atom is 0.257 e. The van der Waals surface area contributed by atoms with E-state index >= 15 is 0 Å². The molecular formula is C16H16F2N2O. The van der Waals surface area contributed by atoms with Crippen molar-refractivity contribution in [2.75, 3.05) is 5.73 Å². The zero-order valence-corrected chi connectivity index (χ0v) is 11.6.